The van der Waals surface area contributed by atoms with E-state index in [1.54, 1.807) is 0 Å². The van der Waals surface area contributed by atoms with E-state index < -0.39 is 17.5 Å². The Morgan fingerprint density at radius 1 is 1.13 bits per heavy atom. The molecule has 0 amide bonds. The molecule has 1 nitrogen and oxygen atoms in total. The van der Waals surface area contributed by atoms with Crippen molar-refractivity contribution in [3.63, 3.8) is 0 Å². The lowest BCUT2D eigenvalue weighted by atomic mass is 9.88. The van der Waals surface area contributed by atoms with Crippen LogP contribution in [-0.4, -0.2) is 11.2 Å². The number of aryl methyl sites for hydroxylation is 1. The number of alkyl halides is 3. The van der Waals surface area contributed by atoms with Crippen LogP contribution in [0.25, 0.3) is 0 Å². The molecule has 0 atom stereocenters. The monoisotopic (exact) mass is 221 g/mol. The van der Waals surface area contributed by atoms with E-state index in [0.717, 1.165) is 13.8 Å². The van der Waals surface area contributed by atoms with Crippen molar-refractivity contribution < 1.29 is 17.6 Å². The first kappa shape index (κ1) is 11.9. The van der Waals surface area contributed by atoms with Crippen molar-refractivity contribution in [2.24, 2.45) is 0 Å². The Morgan fingerprint density at radius 3 is 2.07 bits per heavy atom. The molecule has 0 fully saturated rings. The van der Waals surface area contributed by atoms with E-state index in [1.807, 2.05) is 0 Å². The molecule has 0 saturated carbocycles. The van der Waals surface area contributed by atoms with Gasteiger partial charge in [-0.15, -0.1) is 0 Å². The summed E-state index contributed by atoms with van der Waals surface area (Å²) in [5, 5.41) is 0. The molecule has 0 bridgehead atoms. The summed E-state index contributed by atoms with van der Waals surface area (Å²) in [5.74, 6) is -0.857. The fourth-order valence-electron chi connectivity index (χ4n) is 0.997. The van der Waals surface area contributed by atoms with Gasteiger partial charge in [0, 0.05) is 5.56 Å². The molecule has 0 aromatic carbocycles. The maximum Gasteiger partial charge on any atom is 0.399 e. The second-order valence-corrected chi connectivity index (χ2v) is 3.93. The number of hydrogen-bond donors (Lipinski definition) is 0. The summed E-state index contributed by atoms with van der Waals surface area (Å²) >= 11 is 0. The van der Waals surface area contributed by atoms with Gasteiger partial charge >= 0.3 is 6.18 Å². The molecular formula is C10H11F4N. The van der Waals surface area contributed by atoms with Crippen LogP contribution in [0.4, 0.5) is 17.6 Å². The molecule has 1 aromatic heterocycles. The first-order chi connectivity index (χ1) is 6.66. The molecule has 1 aromatic rings. The van der Waals surface area contributed by atoms with Crippen molar-refractivity contribution in [2.75, 3.05) is 0 Å². The number of hydrogen-bond acceptors (Lipinski definition) is 1. The summed E-state index contributed by atoms with van der Waals surface area (Å²) in [6, 6.07) is 2.50. The SMILES string of the molecule is Cc1ccc(C(C)(C)C(F)(F)F)nc1F. The molecule has 0 aliphatic heterocycles. The topological polar surface area (TPSA) is 12.9 Å². The summed E-state index contributed by atoms with van der Waals surface area (Å²) in [5.41, 5.74) is -2.21. The van der Waals surface area contributed by atoms with E-state index in [9.17, 15) is 17.6 Å². The summed E-state index contributed by atoms with van der Waals surface area (Å²) < 4.78 is 50.8. The Bertz CT molecular complexity index is 368. The van der Waals surface area contributed by atoms with E-state index in [0.29, 0.717) is 0 Å². The lowest BCUT2D eigenvalue weighted by Crippen LogP contribution is -2.37. The van der Waals surface area contributed by atoms with Crippen LogP contribution in [0.5, 0.6) is 0 Å². The summed E-state index contributed by atoms with van der Waals surface area (Å²) in [4.78, 5) is 3.32. The van der Waals surface area contributed by atoms with Crippen LogP contribution in [0, 0.1) is 12.9 Å². The minimum Gasteiger partial charge on any atom is -0.224 e. The fourth-order valence-corrected chi connectivity index (χ4v) is 0.997. The zero-order valence-electron chi connectivity index (χ0n) is 8.61. The number of pyridine rings is 1. The minimum atomic E-state index is -4.44. The van der Waals surface area contributed by atoms with Crippen LogP contribution in [-0.2, 0) is 5.41 Å². The molecule has 5 heteroatoms. The van der Waals surface area contributed by atoms with E-state index in [-0.39, 0.29) is 11.3 Å². The fraction of sp³-hybridized carbons (Fsp3) is 0.500. The lowest BCUT2D eigenvalue weighted by Gasteiger charge is -2.27. The van der Waals surface area contributed by atoms with E-state index in [4.69, 9.17) is 0 Å². The number of halogens is 4. The van der Waals surface area contributed by atoms with Crippen molar-refractivity contribution in [3.8, 4) is 0 Å². The molecule has 0 radical (unpaired) electrons. The third-order valence-corrected chi connectivity index (χ3v) is 2.38. The van der Waals surface area contributed by atoms with Gasteiger partial charge < -0.3 is 0 Å². The molecule has 0 unspecified atom stereocenters. The van der Waals surface area contributed by atoms with Crippen LogP contribution in [0.3, 0.4) is 0 Å². The maximum atomic E-state index is 13.0. The first-order valence-electron chi connectivity index (χ1n) is 4.36. The average molecular weight is 221 g/mol. The number of rotatable bonds is 1. The van der Waals surface area contributed by atoms with Crippen LogP contribution in [0.2, 0.25) is 0 Å². The molecule has 0 aliphatic carbocycles. The smallest absolute Gasteiger partial charge is 0.224 e. The Hall–Kier alpha value is -1.13. The minimum absolute atomic E-state index is 0.233. The molecule has 0 N–H and O–H groups in total. The molecule has 0 saturated heterocycles. The molecule has 0 aliphatic rings. The average Bonchev–Trinajstić information content (AvgIpc) is 2.07. The van der Waals surface area contributed by atoms with Gasteiger partial charge in [-0.3, -0.25) is 0 Å². The van der Waals surface area contributed by atoms with Gasteiger partial charge in [0.05, 0.1) is 5.69 Å². The number of nitrogens with zero attached hydrogens (tertiary/aromatic N) is 1. The van der Waals surface area contributed by atoms with Crippen molar-refractivity contribution in [2.45, 2.75) is 32.4 Å². The van der Waals surface area contributed by atoms with Crippen LogP contribution < -0.4 is 0 Å². The molecular weight excluding hydrogens is 210 g/mol. The molecule has 15 heavy (non-hydrogen) atoms. The predicted octanol–water partition coefficient (Wildman–Crippen LogP) is 3.37. The van der Waals surface area contributed by atoms with Gasteiger partial charge in [-0.1, -0.05) is 6.07 Å². The Balaban J connectivity index is 3.22. The second kappa shape index (κ2) is 3.47. The van der Waals surface area contributed by atoms with Gasteiger partial charge in [0.1, 0.15) is 5.41 Å². The second-order valence-electron chi connectivity index (χ2n) is 3.93. The highest BCUT2D eigenvalue weighted by Gasteiger charge is 2.49. The van der Waals surface area contributed by atoms with E-state index in [1.165, 1.54) is 19.1 Å². The zero-order chi connectivity index (χ0) is 11.9. The Labute approximate surface area is 85.1 Å². The Kier molecular flexibility index (Phi) is 2.76. The van der Waals surface area contributed by atoms with Crippen LogP contribution in [0.15, 0.2) is 12.1 Å². The van der Waals surface area contributed by atoms with E-state index in [2.05, 4.69) is 4.98 Å². The van der Waals surface area contributed by atoms with Crippen LogP contribution >= 0.6 is 0 Å². The molecule has 84 valence electrons. The highest BCUT2D eigenvalue weighted by atomic mass is 19.4. The van der Waals surface area contributed by atoms with Crippen LogP contribution in [0.1, 0.15) is 25.1 Å². The van der Waals surface area contributed by atoms with Gasteiger partial charge in [0.25, 0.3) is 0 Å². The third-order valence-electron chi connectivity index (χ3n) is 2.38. The van der Waals surface area contributed by atoms with E-state index >= 15 is 0 Å². The normalized spacial score (nSPS) is 13.0. The maximum absolute atomic E-state index is 13.0. The molecule has 0 spiro atoms. The summed E-state index contributed by atoms with van der Waals surface area (Å²) in [6.45, 7) is 3.40. The zero-order valence-corrected chi connectivity index (χ0v) is 8.61. The highest BCUT2D eigenvalue weighted by molar-refractivity contribution is 5.21. The van der Waals surface area contributed by atoms with Crippen molar-refractivity contribution in [1.82, 2.24) is 4.98 Å². The van der Waals surface area contributed by atoms with Crippen molar-refractivity contribution >= 4 is 0 Å². The van der Waals surface area contributed by atoms with Gasteiger partial charge in [-0.25, -0.2) is 4.98 Å². The summed E-state index contributed by atoms with van der Waals surface area (Å²) in [6.07, 6.45) is -4.44. The summed E-state index contributed by atoms with van der Waals surface area (Å²) in [7, 11) is 0. The lowest BCUT2D eigenvalue weighted by molar-refractivity contribution is -0.181. The highest BCUT2D eigenvalue weighted by Crippen LogP contribution is 2.39. The third kappa shape index (κ3) is 2.11. The van der Waals surface area contributed by atoms with Crippen molar-refractivity contribution in [3.05, 3.63) is 29.3 Å². The van der Waals surface area contributed by atoms with Crippen molar-refractivity contribution in [1.29, 1.82) is 0 Å². The first-order valence-corrected chi connectivity index (χ1v) is 4.36. The molecule has 1 rings (SSSR count). The largest absolute Gasteiger partial charge is 0.399 e. The quantitative estimate of drug-likeness (QED) is 0.523. The number of aromatic nitrogens is 1. The van der Waals surface area contributed by atoms with Gasteiger partial charge in [0.15, 0.2) is 0 Å². The van der Waals surface area contributed by atoms with Gasteiger partial charge in [-0.05, 0) is 26.8 Å². The van der Waals surface area contributed by atoms with Gasteiger partial charge in [-0.2, -0.15) is 17.6 Å². The standard InChI is InChI=1S/C10H11F4N/c1-6-4-5-7(15-8(6)11)9(2,3)10(12,13)14/h4-5H,1-3H3. The Morgan fingerprint density at radius 2 is 1.67 bits per heavy atom. The predicted molar refractivity (Wildman–Crippen MR) is 48.0 cm³/mol. The van der Waals surface area contributed by atoms with Gasteiger partial charge in [0.2, 0.25) is 5.95 Å². The molecule has 1 heterocycles.